The van der Waals surface area contributed by atoms with E-state index in [0.717, 1.165) is 21.7 Å². The van der Waals surface area contributed by atoms with Gasteiger partial charge in [-0.2, -0.15) is 5.10 Å². The molecule has 1 heterocycles. The summed E-state index contributed by atoms with van der Waals surface area (Å²) >= 11 is 0. The number of para-hydroxylation sites is 1. The molecular weight excluding hydrogens is 356 g/mol. The van der Waals surface area contributed by atoms with Crippen LogP contribution in [0.5, 0.6) is 11.5 Å². The molecular formula is C22H18N2O4. The molecule has 1 amide bonds. The minimum Gasteiger partial charge on any atom is -0.504 e. The van der Waals surface area contributed by atoms with Crippen molar-refractivity contribution in [2.45, 2.75) is 6.92 Å². The fourth-order valence-corrected chi connectivity index (χ4v) is 3.09. The average Bonchev–Trinajstić information content (AvgIpc) is 3.17. The lowest BCUT2D eigenvalue weighted by Crippen LogP contribution is -2.19. The zero-order valence-electron chi connectivity index (χ0n) is 15.4. The van der Waals surface area contributed by atoms with Gasteiger partial charge in [-0.05, 0) is 42.0 Å². The number of phenolic OH excluding ortho intramolecular Hbond substituents is 1. The molecule has 0 saturated heterocycles. The van der Waals surface area contributed by atoms with Crippen molar-refractivity contribution in [3.05, 3.63) is 72.0 Å². The number of rotatable bonds is 4. The Bertz CT molecular complexity index is 1220. The summed E-state index contributed by atoms with van der Waals surface area (Å²) in [7, 11) is 1.42. The summed E-state index contributed by atoms with van der Waals surface area (Å²) in [6.07, 6.45) is 0. The van der Waals surface area contributed by atoms with Crippen LogP contribution in [0.2, 0.25) is 0 Å². The third-order valence-electron chi connectivity index (χ3n) is 4.57. The lowest BCUT2D eigenvalue weighted by molar-refractivity contribution is 0.0951. The molecule has 2 N–H and O–H groups in total. The van der Waals surface area contributed by atoms with Gasteiger partial charge in [-0.3, -0.25) is 4.79 Å². The largest absolute Gasteiger partial charge is 0.504 e. The summed E-state index contributed by atoms with van der Waals surface area (Å²) in [5.74, 6) is 0.00176. The normalized spacial score (nSPS) is 11.7. The second-order valence-electron chi connectivity index (χ2n) is 6.30. The van der Waals surface area contributed by atoms with Gasteiger partial charge in [0.1, 0.15) is 11.3 Å². The van der Waals surface area contributed by atoms with E-state index in [1.165, 1.54) is 13.2 Å². The van der Waals surface area contributed by atoms with Crippen LogP contribution in [0, 0.1) is 0 Å². The Hall–Kier alpha value is -3.80. The van der Waals surface area contributed by atoms with E-state index in [4.69, 9.17) is 9.15 Å². The molecule has 0 fully saturated rings. The number of phenols is 1. The number of amides is 1. The number of carbonyl (C=O) groups is 1. The molecule has 0 aliphatic carbocycles. The molecule has 0 atom stereocenters. The van der Waals surface area contributed by atoms with Crippen LogP contribution >= 0.6 is 0 Å². The van der Waals surface area contributed by atoms with Crippen molar-refractivity contribution in [3.8, 4) is 11.5 Å². The quantitative estimate of drug-likeness (QED) is 0.408. The summed E-state index contributed by atoms with van der Waals surface area (Å²) in [4.78, 5) is 12.4. The number of carbonyl (C=O) groups excluding carboxylic acids is 1. The van der Waals surface area contributed by atoms with Crippen LogP contribution < -0.4 is 10.2 Å². The summed E-state index contributed by atoms with van der Waals surface area (Å²) in [5.41, 5.74) is 3.78. The maximum atomic E-state index is 12.4. The standard InChI is InChI=1S/C22H18N2O4/c1-13(23-24-22(26)16-8-5-9-19(27-2)21(16)25)20-12-17-15-7-4-3-6-14(15)10-11-18(17)28-20/h3-12,25H,1-2H3,(H,24,26)/b23-13+. The molecule has 0 unspecified atom stereocenters. The Morgan fingerprint density at radius 3 is 2.71 bits per heavy atom. The molecule has 1 aromatic heterocycles. The molecule has 28 heavy (non-hydrogen) atoms. The number of benzene rings is 3. The van der Waals surface area contributed by atoms with Gasteiger partial charge in [-0.15, -0.1) is 0 Å². The van der Waals surface area contributed by atoms with Crippen molar-refractivity contribution >= 4 is 33.4 Å². The van der Waals surface area contributed by atoms with E-state index >= 15 is 0 Å². The monoisotopic (exact) mass is 374 g/mol. The molecule has 0 saturated carbocycles. The summed E-state index contributed by atoms with van der Waals surface area (Å²) in [6, 6.07) is 18.6. The van der Waals surface area contributed by atoms with Gasteiger partial charge in [0.2, 0.25) is 0 Å². The second kappa shape index (κ2) is 7.08. The molecule has 6 heteroatoms. The molecule has 0 spiro atoms. The van der Waals surface area contributed by atoms with E-state index in [0.29, 0.717) is 11.5 Å². The number of nitrogens with zero attached hydrogens (tertiary/aromatic N) is 1. The van der Waals surface area contributed by atoms with Crippen molar-refractivity contribution in [2.24, 2.45) is 5.10 Å². The number of methoxy groups -OCH3 is 1. The fraction of sp³-hybridized carbons (Fsp3) is 0.0909. The lowest BCUT2D eigenvalue weighted by Gasteiger charge is -2.07. The average molecular weight is 374 g/mol. The van der Waals surface area contributed by atoms with Gasteiger partial charge < -0.3 is 14.3 Å². The van der Waals surface area contributed by atoms with Crippen LogP contribution in [-0.2, 0) is 0 Å². The van der Waals surface area contributed by atoms with Gasteiger partial charge in [0.05, 0.1) is 12.7 Å². The highest BCUT2D eigenvalue weighted by Crippen LogP contribution is 2.30. The minimum absolute atomic E-state index is 0.0755. The number of hydrazone groups is 1. The molecule has 4 rings (SSSR count). The SMILES string of the molecule is COc1cccc(C(=O)N/N=C(\C)c2cc3c(ccc4ccccc43)o2)c1O. The highest BCUT2D eigenvalue weighted by Gasteiger charge is 2.15. The first-order chi connectivity index (χ1) is 13.6. The van der Waals surface area contributed by atoms with E-state index in [9.17, 15) is 9.90 Å². The third-order valence-corrected chi connectivity index (χ3v) is 4.57. The van der Waals surface area contributed by atoms with Crippen molar-refractivity contribution < 1.29 is 19.1 Å². The fourth-order valence-electron chi connectivity index (χ4n) is 3.09. The molecule has 0 aliphatic heterocycles. The first-order valence-corrected chi connectivity index (χ1v) is 8.70. The van der Waals surface area contributed by atoms with Crippen LogP contribution in [0.25, 0.3) is 21.7 Å². The summed E-state index contributed by atoms with van der Waals surface area (Å²) in [5, 5.41) is 17.4. The van der Waals surface area contributed by atoms with Crippen LogP contribution in [0.4, 0.5) is 0 Å². The van der Waals surface area contributed by atoms with Crippen molar-refractivity contribution in [2.75, 3.05) is 7.11 Å². The number of nitrogens with one attached hydrogen (secondary N) is 1. The molecule has 140 valence electrons. The number of ether oxygens (including phenoxy) is 1. The number of hydrogen-bond donors (Lipinski definition) is 2. The first-order valence-electron chi connectivity index (χ1n) is 8.70. The topological polar surface area (TPSA) is 84.1 Å². The van der Waals surface area contributed by atoms with Gasteiger partial charge in [-0.1, -0.05) is 36.4 Å². The number of aromatic hydroxyl groups is 1. The Kier molecular flexibility index (Phi) is 4.45. The molecule has 0 bridgehead atoms. The van der Waals surface area contributed by atoms with Crippen LogP contribution in [0.15, 0.2) is 70.2 Å². The summed E-state index contributed by atoms with van der Waals surface area (Å²) in [6.45, 7) is 1.74. The maximum Gasteiger partial charge on any atom is 0.275 e. The molecule has 0 aliphatic rings. The zero-order valence-corrected chi connectivity index (χ0v) is 15.4. The maximum absolute atomic E-state index is 12.4. The van der Waals surface area contributed by atoms with Crippen molar-refractivity contribution in [3.63, 3.8) is 0 Å². The van der Waals surface area contributed by atoms with Crippen LogP contribution in [0.3, 0.4) is 0 Å². The molecule has 0 radical (unpaired) electrons. The van der Waals surface area contributed by atoms with E-state index < -0.39 is 5.91 Å². The van der Waals surface area contributed by atoms with E-state index in [2.05, 4.69) is 10.5 Å². The number of fused-ring (bicyclic) bond motifs is 3. The van der Waals surface area contributed by atoms with Gasteiger partial charge in [0.15, 0.2) is 17.3 Å². The smallest absolute Gasteiger partial charge is 0.275 e. The Balaban J connectivity index is 1.62. The van der Waals surface area contributed by atoms with Crippen molar-refractivity contribution in [1.82, 2.24) is 5.43 Å². The van der Waals surface area contributed by atoms with Gasteiger partial charge in [-0.25, -0.2) is 5.43 Å². The molecule has 6 nitrogen and oxygen atoms in total. The van der Waals surface area contributed by atoms with Gasteiger partial charge >= 0.3 is 0 Å². The molecule has 3 aromatic carbocycles. The Morgan fingerprint density at radius 2 is 1.89 bits per heavy atom. The number of hydrogen-bond acceptors (Lipinski definition) is 5. The first kappa shape index (κ1) is 17.6. The second-order valence-corrected chi connectivity index (χ2v) is 6.30. The lowest BCUT2D eigenvalue weighted by atomic mass is 10.1. The highest BCUT2D eigenvalue weighted by atomic mass is 16.5. The minimum atomic E-state index is -0.544. The zero-order chi connectivity index (χ0) is 19.7. The van der Waals surface area contributed by atoms with E-state index in [1.54, 1.807) is 19.1 Å². The van der Waals surface area contributed by atoms with Gasteiger partial charge in [0.25, 0.3) is 5.91 Å². The predicted molar refractivity (Wildman–Crippen MR) is 108 cm³/mol. The third kappa shape index (κ3) is 3.05. The Labute approximate surface area is 161 Å². The van der Waals surface area contributed by atoms with Crippen LogP contribution in [0.1, 0.15) is 23.0 Å². The van der Waals surface area contributed by atoms with Gasteiger partial charge in [0, 0.05) is 5.39 Å². The summed E-state index contributed by atoms with van der Waals surface area (Å²) < 4.78 is 10.9. The van der Waals surface area contributed by atoms with Crippen LogP contribution in [-0.4, -0.2) is 23.8 Å². The van der Waals surface area contributed by atoms with Crippen molar-refractivity contribution in [1.29, 1.82) is 0 Å². The number of furan rings is 1. The van der Waals surface area contributed by atoms with E-state index in [1.807, 2.05) is 42.5 Å². The predicted octanol–water partition coefficient (Wildman–Crippen LogP) is 4.45. The molecule has 4 aromatic rings. The Morgan fingerprint density at radius 1 is 1.07 bits per heavy atom. The van der Waals surface area contributed by atoms with E-state index in [-0.39, 0.29) is 17.1 Å². The highest BCUT2D eigenvalue weighted by molar-refractivity contribution is 6.09.